The predicted molar refractivity (Wildman–Crippen MR) is 68.1 cm³/mol. The molecule has 0 aromatic carbocycles. The second kappa shape index (κ2) is 5.36. The average molecular weight is 323 g/mol. The highest BCUT2D eigenvalue weighted by atomic mass is 19.4. The molecular formula is C13H14F5N3O. The molecule has 1 saturated heterocycles. The Morgan fingerprint density at radius 1 is 1.36 bits per heavy atom. The third-order valence-electron chi connectivity index (χ3n) is 3.89. The summed E-state index contributed by atoms with van der Waals surface area (Å²) in [6.45, 7) is 2.49. The maximum absolute atomic E-state index is 13.4. The minimum Gasteiger partial charge on any atom is -0.319 e. The lowest BCUT2D eigenvalue weighted by Gasteiger charge is -2.36. The Hall–Kier alpha value is -1.93. The van der Waals surface area contributed by atoms with Crippen molar-refractivity contribution in [2.75, 3.05) is 11.9 Å². The number of carbonyl (C=O) groups is 1. The lowest BCUT2D eigenvalue weighted by Crippen LogP contribution is -2.51. The summed E-state index contributed by atoms with van der Waals surface area (Å²) in [5.74, 6) is -3.96. The van der Waals surface area contributed by atoms with Gasteiger partial charge in [0, 0.05) is 6.54 Å². The number of amides is 2. The van der Waals surface area contributed by atoms with Crippen molar-refractivity contribution in [1.29, 1.82) is 0 Å². The molecule has 1 aromatic heterocycles. The SMILES string of the molecule is CC1(C)C(C(F)(F)F)CCN1C(=O)Nc1ccc(F)nc1F. The smallest absolute Gasteiger partial charge is 0.319 e. The van der Waals surface area contributed by atoms with E-state index in [1.165, 1.54) is 13.8 Å². The van der Waals surface area contributed by atoms with E-state index < -0.39 is 41.2 Å². The second-order valence-electron chi connectivity index (χ2n) is 5.59. The molecule has 1 unspecified atom stereocenters. The van der Waals surface area contributed by atoms with Crippen LogP contribution in [0.25, 0.3) is 0 Å². The monoisotopic (exact) mass is 323 g/mol. The van der Waals surface area contributed by atoms with Crippen LogP contribution in [0.4, 0.5) is 32.4 Å². The minimum atomic E-state index is -4.43. The van der Waals surface area contributed by atoms with Crippen molar-refractivity contribution < 1.29 is 26.7 Å². The van der Waals surface area contributed by atoms with Gasteiger partial charge in [0.1, 0.15) is 0 Å². The second-order valence-corrected chi connectivity index (χ2v) is 5.59. The van der Waals surface area contributed by atoms with Crippen LogP contribution in [0.5, 0.6) is 0 Å². The molecule has 1 atom stereocenters. The van der Waals surface area contributed by atoms with Crippen molar-refractivity contribution in [3.8, 4) is 0 Å². The van der Waals surface area contributed by atoms with E-state index in [1.54, 1.807) is 0 Å². The largest absolute Gasteiger partial charge is 0.394 e. The summed E-state index contributed by atoms with van der Waals surface area (Å²) in [6.07, 6.45) is -4.66. The van der Waals surface area contributed by atoms with Crippen LogP contribution in [-0.2, 0) is 0 Å². The van der Waals surface area contributed by atoms with Gasteiger partial charge in [-0.3, -0.25) is 0 Å². The Balaban J connectivity index is 2.17. The molecule has 4 nitrogen and oxygen atoms in total. The zero-order valence-corrected chi connectivity index (χ0v) is 11.8. The van der Waals surface area contributed by atoms with E-state index >= 15 is 0 Å². The number of hydrogen-bond acceptors (Lipinski definition) is 2. The minimum absolute atomic E-state index is 0.112. The van der Waals surface area contributed by atoms with Gasteiger partial charge in [0.25, 0.3) is 0 Å². The van der Waals surface area contributed by atoms with Gasteiger partial charge >= 0.3 is 12.2 Å². The number of alkyl halides is 3. The molecule has 1 aromatic rings. The lowest BCUT2D eigenvalue weighted by molar-refractivity contribution is -0.189. The van der Waals surface area contributed by atoms with Crippen molar-refractivity contribution in [3.63, 3.8) is 0 Å². The van der Waals surface area contributed by atoms with Crippen LogP contribution in [0.3, 0.4) is 0 Å². The molecule has 1 fully saturated rings. The van der Waals surface area contributed by atoms with Crippen LogP contribution in [0.15, 0.2) is 12.1 Å². The predicted octanol–water partition coefficient (Wildman–Crippen LogP) is 3.55. The van der Waals surface area contributed by atoms with E-state index in [4.69, 9.17) is 0 Å². The zero-order chi connectivity index (χ0) is 16.7. The maximum atomic E-state index is 13.4. The van der Waals surface area contributed by atoms with Gasteiger partial charge < -0.3 is 10.2 Å². The molecule has 1 N–H and O–H groups in total. The Morgan fingerprint density at radius 3 is 2.50 bits per heavy atom. The molecule has 9 heteroatoms. The molecule has 1 aliphatic rings. The van der Waals surface area contributed by atoms with Crippen LogP contribution in [0.1, 0.15) is 20.3 Å². The van der Waals surface area contributed by atoms with E-state index in [0.717, 1.165) is 17.0 Å². The number of anilines is 1. The first-order valence-electron chi connectivity index (χ1n) is 6.51. The van der Waals surface area contributed by atoms with Crippen molar-refractivity contribution in [2.24, 2.45) is 5.92 Å². The number of aromatic nitrogens is 1. The molecule has 0 aliphatic carbocycles. The normalized spacial score (nSPS) is 21.0. The fraction of sp³-hybridized carbons (Fsp3) is 0.538. The van der Waals surface area contributed by atoms with Crippen molar-refractivity contribution in [3.05, 3.63) is 24.0 Å². The molecule has 2 heterocycles. The molecule has 0 saturated carbocycles. The highest BCUT2D eigenvalue weighted by molar-refractivity contribution is 5.90. The van der Waals surface area contributed by atoms with Crippen molar-refractivity contribution in [2.45, 2.75) is 32.0 Å². The summed E-state index contributed by atoms with van der Waals surface area (Å²) in [5.41, 5.74) is -1.86. The topological polar surface area (TPSA) is 45.2 Å². The Labute approximate surface area is 123 Å². The molecule has 0 spiro atoms. The summed E-state index contributed by atoms with van der Waals surface area (Å²) in [7, 11) is 0. The summed E-state index contributed by atoms with van der Waals surface area (Å²) in [4.78, 5) is 16.0. The number of urea groups is 1. The van der Waals surface area contributed by atoms with Gasteiger partial charge in [-0.1, -0.05) is 0 Å². The third-order valence-corrected chi connectivity index (χ3v) is 3.89. The summed E-state index contributed by atoms with van der Waals surface area (Å²) in [6, 6.07) is 0.913. The van der Waals surface area contributed by atoms with Crippen LogP contribution in [0.2, 0.25) is 0 Å². The number of halogens is 5. The molecular weight excluding hydrogens is 309 g/mol. The Morgan fingerprint density at radius 2 is 2.00 bits per heavy atom. The first kappa shape index (κ1) is 16.4. The number of rotatable bonds is 1. The Kier molecular flexibility index (Phi) is 4.01. The third kappa shape index (κ3) is 2.97. The first-order chi connectivity index (χ1) is 10.0. The molecule has 22 heavy (non-hydrogen) atoms. The van der Waals surface area contributed by atoms with Gasteiger partial charge in [0.2, 0.25) is 11.9 Å². The summed E-state index contributed by atoms with van der Waals surface area (Å²) in [5, 5.41) is 2.12. The van der Waals surface area contributed by atoms with E-state index in [2.05, 4.69) is 10.3 Å². The number of hydrogen-bond donors (Lipinski definition) is 1. The number of nitrogens with zero attached hydrogens (tertiary/aromatic N) is 2. The summed E-state index contributed by atoms with van der Waals surface area (Å²) < 4.78 is 65.0. The van der Waals surface area contributed by atoms with Gasteiger partial charge in [0.15, 0.2) is 0 Å². The van der Waals surface area contributed by atoms with Crippen molar-refractivity contribution >= 4 is 11.7 Å². The maximum Gasteiger partial charge on any atom is 0.394 e. The fourth-order valence-corrected chi connectivity index (χ4v) is 2.70. The van der Waals surface area contributed by atoms with Gasteiger partial charge in [-0.05, 0) is 32.4 Å². The molecule has 122 valence electrons. The van der Waals surface area contributed by atoms with Crippen LogP contribution >= 0.6 is 0 Å². The zero-order valence-electron chi connectivity index (χ0n) is 11.8. The van der Waals surface area contributed by atoms with Crippen molar-refractivity contribution in [1.82, 2.24) is 9.88 Å². The fourth-order valence-electron chi connectivity index (χ4n) is 2.70. The van der Waals surface area contributed by atoms with Gasteiger partial charge in [-0.15, -0.1) is 0 Å². The van der Waals surface area contributed by atoms with Crippen LogP contribution < -0.4 is 5.32 Å². The van der Waals surface area contributed by atoms with Gasteiger partial charge in [0.05, 0.1) is 17.1 Å². The molecule has 2 rings (SSSR count). The number of nitrogens with one attached hydrogen (secondary N) is 1. The van der Waals surface area contributed by atoms with E-state index in [-0.39, 0.29) is 13.0 Å². The number of carbonyl (C=O) groups excluding carboxylic acids is 1. The van der Waals surface area contributed by atoms with E-state index in [1.807, 2.05) is 0 Å². The molecule has 2 amide bonds. The van der Waals surface area contributed by atoms with Gasteiger partial charge in [-0.2, -0.15) is 26.9 Å². The standard InChI is InChI=1S/C13H14F5N3O/c1-12(2)8(13(16,17)18)5-6-21(12)11(22)19-7-3-4-9(14)20-10(7)15/h3-4,8H,5-6H2,1-2H3,(H,19,22). The summed E-state index contributed by atoms with van der Waals surface area (Å²) >= 11 is 0. The van der Waals surface area contributed by atoms with Crippen LogP contribution in [0, 0.1) is 17.8 Å². The first-order valence-corrected chi connectivity index (χ1v) is 6.51. The Bertz CT molecular complexity index is 588. The number of likely N-dealkylation sites (tertiary alicyclic amines) is 1. The van der Waals surface area contributed by atoms with E-state index in [0.29, 0.717) is 0 Å². The average Bonchev–Trinajstić information content (AvgIpc) is 2.67. The molecule has 1 aliphatic heterocycles. The highest BCUT2D eigenvalue weighted by Crippen LogP contribution is 2.44. The molecule has 0 radical (unpaired) electrons. The highest BCUT2D eigenvalue weighted by Gasteiger charge is 2.56. The quantitative estimate of drug-likeness (QED) is 0.634. The van der Waals surface area contributed by atoms with E-state index in [9.17, 15) is 26.7 Å². The van der Waals surface area contributed by atoms with Gasteiger partial charge in [-0.25, -0.2) is 4.79 Å². The molecule has 0 bridgehead atoms. The van der Waals surface area contributed by atoms with Crippen LogP contribution in [-0.4, -0.2) is 34.2 Å². The number of pyridine rings is 1. The lowest BCUT2D eigenvalue weighted by atomic mass is 9.88.